The van der Waals surface area contributed by atoms with Gasteiger partial charge in [0.15, 0.2) is 0 Å². The Morgan fingerprint density at radius 1 is 1.47 bits per heavy atom. The first-order valence-electron chi connectivity index (χ1n) is 4.71. The van der Waals surface area contributed by atoms with Gasteiger partial charge >= 0.3 is 0 Å². The summed E-state index contributed by atoms with van der Waals surface area (Å²) >= 11 is 6.14. The SMILES string of the molecule is Cc1cnn(-c2ccc(CN)cc2Cl)c1. The van der Waals surface area contributed by atoms with Gasteiger partial charge in [0.2, 0.25) is 0 Å². The smallest absolute Gasteiger partial charge is 0.0832 e. The largest absolute Gasteiger partial charge is 0.326 e. The van der Waals surface area contributed by atoms with Crippen molar-refractivity contribution in [1.82, 2.24) is 9.78 Å². The van der Waals surface area contributed by atoms with Crippen LogP contribution in [0.5, 0.6) is 0 Å². The molecule has 0 saturated carbocycles. The fourth-order valence-electron chi connectivity index (χ4n) is 1.41. The Hall–Kier alpha value is -1.32. The van der Waals surface area contributed by atoms with E-state index in [-0.39, 0.29) is 0 Å². The molecule has 0 amide bonds. The molecule has 0 aliphatic heterocycles. The van der Waals surface area contributed by atoms with Crippen molar-refractivity contribution in [1.29, 1.82) is 0 Å². The molecule has 0 aliphatic rings. The second-order valence-electron chi connectivity index (χ2n) is 3.45. The van der Waals surface area contributed by atoms with E-state index in [1.54, 1.807) is 10.9 Å². The van der Waals surface area contributed by atoms with Gasteiger partial charge < -0.3 is 5.73 Å². The summed E-state index contributed by atoms with van der Waals surface area (Å²) in [6, 6.07) is 5.75. The molecule has 15 heavy (non-hydrogen) atoms. The van der Waals surface area contributed by atoms with E-state index in [1.807, 2.05) is 31.3 Å². The number of aromatic nitrogens is 2. The van der Waals surface area contributed by atoms with Gasteiger partial charge in [0.25, 0.3) is 0 Å². The van der Waals surface area contributed by atoms with Crippen LogP contribution in [0.4, 0.5) is 0 Å². The van der Waals surface area contributed by atoms with Crippen molar-refractivity contribution in [2.45, 2.75) is 13.5 Å². The molecule has 0 saturated heterocycles. The van der Waals surface area contributed by atoms with Crippen LogP contribution in [0.1, 0.15) is 11.1 Å². The molecule has 0 radical (unpaired) electrons. The number of nitrogens with two attached hydrogens (primary N) is 1. The average molecular weight is 222 g/mol. The molecule has 0 spiro atoms. The molecule has 4 heteroatoms. The van der Waals surface area contributed by atoms with E-state index >= 15 is 0 Å². The van der Waals surface area contributed by atoms with E-state index in [1.165, 1.54) is 0 Å². The predicted molar refractivity (Wildman–Crippen MR) is 61.2 cm³/mol. The van der Waals surface area contributed by atoms with Crippen LogP contribution in [0.2, 0.25) is 5.02 Å². The first-order valence-corrected chi connectivity index (χ1v) is 5.08. The minimum Gasteiger partial charge on any atom is -0.326 e. The van der Waals surface area contributed by atoms with Crippen LogP contribution < -0.4 is 5.73 Å². The van der Waals surface area contributed by atoms with Crippen LogP contribution in [-0.2, 0) is 6.54 Å². The molecule has 2 aromatic rings. The summed E-state index contributed by atoms with van der Waals surface area (Å²) in [5.41, 5.74) is 8.53. The molecular weight excluding hydrogens is 210 g/mol. The second kappa shape index (κ2) is 4.04. The fourth-order valence-corrected chi connectivity index (χ4v) is 1.70. The van der Waals surface area contributed by atoms with Crippen LogP contribution >= 0.6 is 11.6 Å². The van der Waals surface area contributed by atoms with Gasteiger partial charge in [-0.25, -0.2) is 4.68 Å². The summed E-state index contributed by atoms with van der Waals surface area (Å²) in [7, 11) is 0. The van der Waals surface area contributed by atoms with E-state index < -0.39 is 0 Å². The molecular formula is C11H12ClN3. The molecule has 3 nitrogen and oxygen atoms in total. The third-order valence-electron chi connectivity index (χ3n) is 2.21. The maximum atomic E-state index is 6.14. The monoisotopic (exact) mass is 221 g/mol. The van der Waals surface area contributed by atoms with Crippen LogP contribution in [0.15, 0.2) is 30.6 Å². The standard InChI is InChI=1S/C11H12ClN3/c1-8-6-14-15(7-8)11-3-2-9(5-13)4-10(11)12/h2-4,6-7H,5,13H2,1H3. The third kappa shape index (κ3) is 2.03. The van der Waals surface area contributed by atoms with Crippen molar-refractivity contribution in [2.75, 3.05) is 0 Å². The van der Waals surface area contributed by atoms with Crippen molar-refractivity contribution in [3.8, 4) is 5.69 Å². The van der Waals surface area contributed by atoms with E-state index in [4.69, 9.17) is 17.3 Å². The molecule has 0 unspecified atom stereocenters. The minimum atomic E-state index is 0.498. The Morgan fingerprint density at radius 3 is 2.80 bits per heavy atom. The molecule has 1 heterocycles. The summed E-state index contributed by atoms with van der Waals surface area (Å²) in [4.78, 5) is 0. The molecule has 2 N–H and O–H groups in total. The fraction of sp³-hybridized carbons (Fsp3) is 0.182. The Kier molecular flexibility index (Phi) is 2.75. The first-order chi connectivity index (χ1) is 7.20. The summed E-state index contributed by atoms with van der Waals surface area (Å²) < 4.78 is 1.76. The maximum Gasteiger partial charge on any atom is 0.0832 e. The number of hydrogen-bond acceptors (Lipinski definition) is 2. The Bertz CT molecular complexity index is 476. The van der Waals surface area contributed by atoms with Gasteiger partial charge in [-0.2, -0.15) is 5.10 Å². The molecule has 2 rings (SSSR count). The van der Waals surface area contributed by atoms with E-state index in [2.05, 4.69) is 5.10 Å². The summed E-state index contributed by atoms with van der Waals surface area (Å²) in [6.45, 7) is 2.49. The number of rotatable bonds is 2. The van der Waals surface area contributed by atoms with Crippen molar-refractivity contribution in [3.63, 3.8) is 0 Å². The molecule has 0 fully saturated rings. The van der Waals surface area contributed by atoms with Crippen molar-refractivity contribution < 1.29 is 0 Å². The van der Waals surface area contributed by atoms with Gasteiger partial charge in [0.1, 0.15) is 0 Å². The van der Waals surface area contributed by atoms with Gasteiger partial charge in [-0.1, -0.05) is 17.7 Å². The van der Waals surface area contributed by atoms with Crippen molar-refractivity contribution in [2.24, 2.45) is 5.73 Å². The summed E-state index contributed by atoms with van der Waals surface area (Å²) in [5.74, 6) is 0. The topological polar surface area (TPSA) is 43.8 Å². The predicted octanol–water partition coefficient (Wildman–Crippen LogP) is 2.29. The van der Waals surface area contributed by atoms with Crippen LogP contribution in [-0.4, -0.2) is 9.78 Å². The second-order valence-corrected chi connectivity index (χ2v) is 3.86. The Morgan fingerprint density at radius 2 is 2.27 bits per heavy atom. The molecule has 0 atom stereocenters. The van der Waals surface area contributed by atoms with Crippen LogP contribution in [0.25, 0.3) is 5.69 Å². The van der Waals surface area contributed by atoms with Crippen molar-refractivity contribution >= 4 is 11.6 Å². The first kappa shape index (κ1) is 10.2. The maximum absolute atomic E-state index is 6.14. The van der Waals surface area contributed by atoms with E-state index in [0.29, 0.717) is 11.6 Å². The third-order valence-corrected chi connectivity index (χ3v) is 2.51. The Labute approximate surface area is 93.5 Å². The highest BCUT2D eigenvalue weighted by Crippen LogP contribution is 2.21. The van der Waals surface area contributed by atoms with Gasteiger partial charge in [0, 0.05) is 12.7 Å². The molecule has 78 valence electrons. The lowest BCUT2D eigenvalue weighted by Gasteiger charge is -2.05. The van der Waals surface area contributed by atoms with Gasteiger partial charge in [-0.15, -0.1) is 0 Å². The van der Waals surface area contributed by atoms with Crippen LogP contribution in [0, 0.1) is 6.92 Å². The lowest BCUT2D eigenvalue weighted by atomic mass is 10.2. The quantitative estimate of drug-likeness (QED) is 0.846. The molecule has 1 aromatic heterocycles. The summed E-state index contributed by atoms with van der Waals surface area (Å²) in [6.07, 6.45) is 3.73. The zero-order chi connectivity index (χ0) is 10.8. The van der Waals surface area contributed by atoms with E-state index in [0.717, 1.165) is 16.8 Å². The highest BCUT2D eigenvalue weighted by atomic mass is 35.5. The number of aryl methyl sites for hydroxylation is 1. The highest BCUT2D eigenvalue weighted by Gasteiger charge is 2.04. The Balaban J connectivity index is 2.45. The van der Waals surface area contributed by atoms with Gasteiger partial charge in [-0.05, 0) is 30.2 Å². The van der Waals surface area contributed by atoms with Gasteiger partial charge in [0.05, 0.1) is 16.9 Å². The lowest BCUT2D eigenvalue weighted by molar-refractivity contribution is 0.878. The normalized spacial score (nSPS) is 10.6. The number of hydrogen-bond donors (Lipinski definition) is 1. The van der Waals surface area contributed by atoms with E-state index in [9.17, 15) is 0 Å². The molecule has 0 aliphatic carbocycles. The zero-order valence-electron chi connectivity index (χ0n) is 8.44. The lowest BCUT2D eigenvalue weighted by Crippen LogP contribution is -1.99. The minimum absolute atomic E-state index is 0.498. The van der Waals surface area contributed by atoms with Gasteiger partial charge in [-0.3, -0.25) is 0 Å². The average Bonchev–Trinajstić information content (AvgIpc) is 2.64. The molecule has 1 aromatic carbocycles. The highest BCUT2D eigenvalue weighted by molar-refractivity contribution is 6.32. The number of nitrogens with zero attached hydrogens (tertiary/aromatic N) is 2. The molecule has 0 bridgehead atoms. The zero-order valence-corrected chi connectivity index (χ0v) is 9.20. The number of benzene rings is 1. The summed E-state index contributed by atoms with van der Waals surface area (Å²) in [5, 5.41) is 4.87. The number of halogens is 1. The van der Waals surface area contributed by atoms with Crippen LogP contribution in [0.3, 0.4) is 0 Å². The van der Waals surface area contributed by atoms with Crippen molar-refractivity contribution in [3.05, 3.63) is 46.7 Å².